The van der Waals surface area contributed by atoms with Crippen molar-refractivity contribution in [1.29, 1.82) is 0 Å². The Morgan fingerprint density at radius 3 is 2.52 bits per heavy atom. The number of carbonyl (C=O) groups excluding carboxylic acids is 1. The van der Waals surface area contributed by atoms with Crippen molar-refractivity contribution in [1.82, 2.24) is 4.90 Å². The van der Waals surface area contributed by atoms with Crippen LogP contribution in [0.5, 0.6) is 0 Å². The third kappa shape index (κ3) is 3.26. The summed E-state index contributed by atoms with van der Waals surface area (Å²) < 4.78 is 5.84. The molecule has 1 aromatic carbocycles. The molecule has 1 aliphatic heterocycles. The highest BCUT2D eigenvalue weighted by Gasteiger charge is 2.27. The lowest BCUT2D eigenvalue weighted by Crippen LogP contribution is -2.42. The summed E-state index contributed by atoms with van der Waals surface area (Å²) >= 11 is 0. The maximum absolute atomic E-state index is 12.7. The molecule has 0 bridgehead atoms. The zero-order valence-electron chi connectivity index (χ0n) is 14.0. The molecule has 2 aromatic rings. The molecule has 2 unspecified atom stereocenters. The van der Waals surface area contributed by atoms with Gasteiger partial charge in [0.1, 0.15) is 5.76 Å². The highest BCUT2D eigenvalue weighted by molar-refractivity contribution is 5.92. The van der Waals surface area contributed by atoms with E-state index in [0.29, 0.717) is 23.4 Å². The van der Waals surface area contributed by atoms with Crippen LogP contribution in [0.2, 0.25) is 0 Å². The van der Waals surface area contributed by atoms with Gasteiger partial charge in [0.05, 0.1) is 0 Å². The minimum absolute atomic E-state index is 0.0113. The van der Waals surface area contributed by atoms with Gasteiger partial charge in [0.2, 0.25) is 0 Å². The number of nitrogens with zero attached hydrogens (tertiary/aromatic N) is 1. The molecule has 23 heavy (non-hydrogen) atoms. The number of likely N-dealkylation sites (tertiary alicyclic amines) is 1. The van der Waals surface area contributed by atoms with Crippen molar-refractivity contribution in [3.63, 3.8) is 0 Å². The van der Waals surface area contributed by atoms with Crippen LogP contribution in [-0.2, 0) is 0 Å². The van der Waals surface area contributed by atoms with E-state index in [9.17, 15) is 4.79 Å². The van der Waals surface area contributed by atoms with Crippen LogP contribution in [0.25, 0.3) is 11.3 Å². The number of benzene rings is 1. The average molecular weight is 312 g/mol. The number of aryl methyl sites for hydroxylation is 1. The van der Waals surface area contributed by atoms with Gasteiger partial charge in [0.15, 0.2) is 5.76 Å². The smallest absolute Gasteiger partial charge is 0.289 e. The lowest BCUT2D eigenvalue weighted by Gasteiger charge is -2.34. The van der Waals surface area contributed by atoms with Gasteiger partial charge in [-0.1, -0.05) is 13.8 Å². The molecule has 4 nitrogen and oxygen atoms in total. The number of rotatable bonds is 2. The number of carbonyl (C=O) groups is 1. The van der Waals surface area contributed by atoms with Crippen molar-refractivity contribution >= 4 is 11.6 Å². The van der Waals surface area contributed by atoms with Gasteiger partial charge in [0.25, 0.3) is 5.91 Å². The zero-order valence-corrected chi connectivity index (χ0v) is 14.0. The molecule has 122 valence electrons. The third-order valence-electron chi connectivity index (χ3n) is 4.49. The molecule has 0 aliphatic carbocycles. The normalized spacial score (nSPS) is 21.4. The lowest BCUT2D eigenvalue weighted by atomic mass is 9.92. The van der Waals surface area contributed by atoms with E-state index < -0.39 is 0 Å². The maximum Gasteiger partial charge on any atom is 0.289 e. The van der Waals surface area contributed by atoms with Gasteiger partial charge in [-0.3, -0.25) is 4.79 Å². The van der Waals surface area contributed by atoms with Gasteiger partial charge in [-0.15, -0.1) is 0 Å². The van der Waals surface area contributed by atoms with Crippen LogP contribution in [0.4, 0.5) is 5.69 Å². The van der Waals surface area contributed by atoms with E-state index in [1.807, 2.05) is 36.1 Å². The van der Waals surface area contributed by atoms with Gasteiger partial charge < -0.3 is 15.1 Å². The number of piperidine rings is 1. The first kappa shape index (κ1) is 15.7. The molecule has 3 rings (SSSR count). The van der Waals surface area contributed by atoms with Crippen LogP contribution in [0.1, 0.15) is 36.4 Å². The number of anilines is 1. The summed E-state index contributed by atoms with van der Waals surface area (Å²) in [5.41, 5.74) is 8.53. The summed E-state index contributed by atoms with van der Waals surface area (Å²) in [5, 5.41) is 0. The molecule has 1 aromatic heterocycles. The number of nitrogens with two attached hydrogens (primary N) is 1. The van der Waals surface area contributed by atoms with E-state index in [0.717, 1.165) is 29.9 Å². The average Bonchev–Trinajstić information content (AvgIpc) is 2.95. The van der Waals surface area contributed by atoms with Crippen LogP contribution >= 0.6 is 0 Å². The second-order valence-electron chi connectivity index (χ2n) is 6.89. The molecule has 0 spiro atoms. The van der Waals surface area contributed by atoms with E-state index in [-0.39, 0.29) is 5.91 Å². The molecule has 2 atom stereocenters. The summed E-state index contributed by atoms with van der Waals surface area (Å²) in [6.07, 6.45) is 1.18. The molecule has 0 radical (unpaired) electrons. The first-order valence-corrected chi connectivity index (χ1v) is 8.19. The van der Waals surface area contributed by atoms with Crippen molar-refractivity contribution in [2.75, 3.05) is 18.8 Å². The highest BCUT2D eigenvalue weighted by Crippen LogP contribution is 2.28. The van der Waals surface area contributed by atoms with E-state index in [1.165, 1.54) is 6.42 Å². The quantitative estimate of drug-likeness (QED) is 0.854. The number of nitrogen functional groups attached to an aromatic ring is 1. The van der Waals surface area contributed by atoms with Crippen molar-refractivity contribution in [2.24, 2.45) is 11.8 Å². The zero-order chi connectivity index (χ0) is 16.6. The first-order valence-electron chi connectivity index (χ1n) is 8.19. The second kappa shape index (κ2) is 6.11. The van der Waals surface area contributed by atoms with Crippen LogP contribution in [0, 0.1) is 18.8 Å². The predicted molar refractivity (Wildman–Crippen MR) is 92.1 cm³/mol. The monoisotopic (exact) mass is 312 g/mol. The van der Waals surface area contributed by atoms with E-state index in [1.54, 1.807) is 6.07 Å². The van der Waals surface area contributed by atoms with E-state index in [4.69, 9.17) is 10.2 Å². The third-order valence-corrected chi connectivity index (χ3v) is 4.49. The minimum Gasteiger partial charge on any atom is -0.451 e. The summed E-state index contributed by atoms with van der Waals surface area (Å²) in [5.74, 6) is 2.19. The van der Waals surface area contributed by atoms with Crippen molar-refractivity contribution in [3.05, 3.63) is 41.7 Å². The van der Waals surface area contributed by atoms with Gasteiger partial charge in [-0.05, 0) is 61.1 Å². The van der Waals surface area contributed by atoms with Gasteiger partial charge in [-0.25, -0.2) is 0 Å². The Bertz CT molecular complexity index is 710. The Balaban J connectivity index is 1.82. The topological polar surface area (TPSA) is 59.5 Å². The second-order valence-corrected chi connectivity index (χ2v) is 6.89. The largest absolute Gasteiger partial charge is 0.451 e. The standard InChI is InChI=1S/C19H24N2O2/c1-12-8-13(2)11-21(10-12)19(22)18-7-6-17(23-18)16-5-4-15(20)9-14(16)3/h4-7,9,12-13H,8,10-11,20H2,1-3H3. The Morgan fingerprint density at radius 2 is 1.87 bits per heavy atom. The first-order chi connectivity index (χ1) is 10.9. The van der Waals surface area contributed by atoms with Crippen molar-refractivity contribution in [3.8, 4) is 11.3 Å². The van der Waals surface area contributed by atoms with Gasteiger partial charge in [-0.2, -0.15) is 0 Å². The molecule has 1 aliphatic rings. The molecule has 1 fully saturated rings. The number of furan rings is 1. The van der Waals surface area contributed by atoms with Crippen molar-refractivity contribution in [2.45, 2.75) is 27.2 Å². The van der Waals surface area contributed by atoms with E-state index in [2.05, 4.69) is 13.8 Å². The number of hydrogen-bond acceptors (Lipinski definition) is 3. The summed E-state index contributed by atoms with van der Waals surface area (Å²) in [4.78, 5) is 14.6. The Labute approximate surface area is 137 Å². The molecular weight excluding hydrogens is 288 g/mol. The van der Waals surface area contributed by atoms with Crippen LogP contribution in [0.15, 0.2) is 34.7 Å². The molecular formula is C19H24N2O2. The SMILES string of the molecule is Cc1cc(N)ccc1-c1ccc(C(=O)N2CC(C)CC(C)C2)o1. The molecule has 1 amide bonds. The molecule has 2 N–H and O–H groups in total. The lowest BCUT2D eigenvalue weighted by molar-refractivity contribution is 0.0592. The van der Waals surface area contributed by atoms with Gasteiger partial charge in [0, 0.05) is 24.3 Å². The Morgan fingerprint density at radius 1 is 1.17 bits per heavy atom. The minimum atomic E-state index is -0.0113. The molecule has 2 heterocycles. The van der Waals surface area contributed by atoms with Crippen LogP contribution in [-0.4, -0.2) is 23.9 Å². The molecule has 4 heteroatoms. The Hall–Kier alpha value is -2.23. The van der Waals surface area contributed by atoms with Gasteiger partial charge >= 0.3 is 0 Å². The fourth-order valence-electron chi connectivity index (χ4n) is 3.55. The number of amides is 1. The van der Waals surface area contributed by atoms with Crippen LogP contribution < -0.4 is 5.73 Å². The fraction of sp³-hybridized carbons (Fsp3) is 0.421. The summed E-state index contributed by atoms with van der Waals surface area (Å²) in [7, 11) is 0. The van der Waals surface area contributed by atoms with Crippen molar-refractivity contribution < 1.29 is 9.21 Å². The Kier molecular flexibility index (Phi) is 4.16. The number of hydrogen-bond donors (Lipinski definition) is 1. The van der Waals surface area contributed by atoms with Crippen LogP contribution in [0.3, 0.4) is 0 Å². The highest BCUT2D eigenvalue weighted by atomic mass is 16.4. The van der Waals surface area contributed by atoms with E-state index >= 15 is 0 Å². The maximum atomic E-state index is 12.7. The molecule has 0 saturated carbocycles. The fourth-order valence-corrected chi connectivity index (χ4v) is 3.55. The molecule has 1 saturated heterocycles. The summed E-state index contributed by atoms with van der Waals surface area (Å²) in [6, 6.07) is 9.33. The summed E-state index contributed by atoms with van der Waals surface area (Å²) in [6.45, 7) is 7.99. The predicted octanol–water partition coefficient (Wildman–Crippen LogP) is 3.96.